The summed E-state index contributed by atoms with van der Waals surface area (Å²) in [6.45, 7) is 15.8. The van der Waals surface area contributed by atoms with Crippen molar-refractivity contribution in [3.05, 3.63) is 273 Å². The van der Waals surface area contributed by atoms with Gasteiger partial charge in [0.1, 0.15) is 5.82 Å². The molecule has 0 bridgehead atoms. The van der Waals surface area contributed by atoms with Gasteiger partial charge in [0.05, 0.1) is 0 Å². The Morgan fingerprint density at radius 3 is 1.65 bits per heavy atom. The van der Waals surface area contributed by atoms with E-state index in [1.54, 1.807) is 0 Å². The zero-order valence-corrected chi connectivity index (χ0v) is 48.0. The zero-order chi connectivity index (χ0) is 53.8. The molecule has 0 atom stereocenters. The van der Waals surface area contributed by atoms with Crippen LogP contribution in [0.3, 0.4) is 0 Å². The first kappa shape index (κ1) is 52.0. The molecule has 80 heavy (non-hydrogen) atoms. The zero-order valence-electron chi connectivity index (χ0n) is 45.7. The molecule has 0 aliphatic carbocycles. The van der Waals surface area contributed by atoms with Crippen LogP contribution in [0.4, 0.5) is 22.7 Å². The Labute approximate surface area is 484 Å². The number of para-hydroxylation sites is 3. The third-order valence-electron chi connectivity index (χ3n) is 15.3. The number of benzene rings is 10. The minimum Gasteiger partial charge on any atom is -0.509 e. The van der Waals surface area contributed by atoms with Crippen LogP contribution in [0.1, 0.15) is 52.7 Å². The van der Waals surface area contributed by atoms with Crippen molar-refractivity contribution in [3.63, 3.8) is 0 Å². The largest absolute Gasteiger partial charge is 0.509 e. The monoisotopic (exact) mass is 1210 g/mol. The number of anilines is 4. The topological polar surface area (TPSA) is 33.5 Å². The molecular weight excluding hydrogens is 1160 g/mol. The maximum absolute atomic E-state index is 6.86. The van der Waals surface area contributed by atoms with Gasteiger partial charge in [-0.1, -0.05) is 223 Å². The fourth-order valence-corrected chi connectivity index (χ4v) is 11.2. The van der Waals surface area contributed by atoms with Gasteiger partial charge in [-0.05, 0) is 96.6 Å². The van der Waals surface area contributed by atoms with E-state index < -0.39 is 0 Å². The summed E-state index contributed by atoms with van der Waals surface area (Å²) in [7, 11) is 0. The van der Waals surface area contributed by atoms with Gasteiger partial charge in [0.2, 0.25) is 0 Å². The minimum absolute atomic E-state index is 0. The Morgan fingerprint density at radius 1 is 0.425 bits per heavy atom. The van der Waals surface area contributed by atoms with Crippen molar-refractivity contribution in [3.8, 4) is 73.0 Å². The van der Waals surface area contributed by atoms with Crippen molar-refractivity contribution in [1.29, 1.82) is 0 Å². The van der Waals surface area contributed by atoms with E-state index in [1.807, 2.05) is 24.4 Å². The molecule has 0 amide bonds. The van der Waals surface area contributed by atoms with Crippen molar-refractivity contribution in [2.24, 2.45) is 0 Å². The SMILES string of the molecule is CC(C)(C)c1ccc(-c2cccc(-c3cccc(-c4ccccc4)c3)c2N2[CH-]N(c3[c-]c(Oc4[c-]c5c(cc4)c4cc(-c6ccccc6)ccc4n5-c4cc(C(C)(C)C)c(-c5ccccc5)cn4)ccc3)c3ccccc32)cc1.[Pt]. The molecule has 0 spiro atoms. The van der Waals surface area contributed by atoms with Crippen LogP contribution in [-0.4, -0.2) is 9.55 Å². The van der Waals surface area contributed by atoms with Crippen molar-refractivity contribution >= 4 is 44.6 Å². The maximum Gasteiger partial charge on any atom is 0.135 e. The second kappa shape index (κ2) is 21.1. The molecule has 6 heteroatoms. The molecular formula is C74H59N4OPt-3. The predicted molar refractivity (Wildman–Crippen MR) is 329 cm³/mol. The standard InChI is InChI=1S/C74H59N4O.Pt/c1-73(2,3)57-38-35-53(36-39-57)61-31-20-32-62(56-28-18-27-54(43-56)50-21-10-7-11-22-50)72(61)77-49-76(68-33-16-17-34-69(68)77)58-29-19-30-59(45-58)79-60-40-41-63-64-44-55(51-23-12-8-13-24-51)37-42-67(64)78(70(63)46-60)71-47-66(74(4,5)6)65(48-75-71)52-25-14-9-15-26-52;/h7-44,47-49H,1-6H3;/q-3;. The van der Waals surface area contributed by atoms with Gasteiger partial charge < -0.3 is 19.1 Å². The number of pyridine rings is 1. The second-order valence-corrected chi connectivity index (χ2v) is 22.5. The van der Waals surface area contributed by atoms with E-state index in [4.69, 9.17) is 9.72 Å². The predicted octanol–water partition coefficient (Wildman–Crippen LogP) is 19.9. The van der Waals surface area contributed by atoms with Crippen molar-refractivity contribution < 1.29 is 25.8 Å². The van der Waals surface area contributed by atoms with Crippen LogP contribution in [0.5, 0.6) is 11.5 Å². The van der Waals surface area contributed by atoms with E-state index in [0.717, 1.165) is 94.9 Å². The van der Waals surface area contributed by atoms with Crippen LogP contribution in [0.2, 0.25) is 0 Å². The molecule has 0 unspecified atom stereocenters. The van der Waals surface area contributed by atoms with Gasteiger partial charge >= 0.3 is 0 Å². The van der Waals surface area contributed by atoms with E-state index in [-0.39, 0.29) is 31.9 Å². The van der Waals surface area contributed by atoms with Gasteiger partial charge in [-0.2, -0.15) is 12.1 Å². The van der Waals surface area contributed by atoms with Crippen LogP contribution < -0.4 is 14.5 Å². The first-order valence-electron chi connectivity index (χ1n) is 27.2. The van der Waals surface area contributed by atoms with Gasteiger partial charge in [-0.3, -0.25) is 0 Å². The molecule has 1 aliphatic rings. The summed E-state index contributed by atoms with van der Waals surface area (Å²) >= 11 is 0. The van der Waals surface area contributed by atoms with E-state index in [0.29, 0.717) is 11.5 Å². The van der Waals surface area contributed by atoms with Crippen molar-refractivity contribution in [2.45, 2.75) is 52.4 Å². The van der Waals surface area contributed by atoms with E-state index in [9.17, 15) is 0 Å². The molecule has 12 aromatic rings. The average molecular weight is 1220 g/mol. The Bertz CT molecular complexity index is 4210. The summed E-state index contributed by atoms with van der Waals surface area (Å²) in [6.07, 6.45) is 2.03. The molecule has 13 rings (SSSR count). The molecule has 0 fully saturated rings. The number of nitrogens with zero attached hydrogens (tertiary/aromatic N) is 4. The fraction of sp³-hybridized carbons (Fsp3) is 0.108. The first-order chi connectivity index (χ1) is 38.4. The molecule has 0 saturated heterocycles. The summed E-state index contributed by atoms with van der Waals surface area (Å²) < 4.78 is 9.10. The number of hydrogen-bond donors (Lipinski definition) is 0. The van der Waals surface area contributed by atoms with Crippen LogP contribution in [0, 0.1) is 18.8 Å². The van der Waals surface area contributed by atoms with Crippen LogP contribution in [0.25, 0.3) is 83.3 Å². The Balaban J connectivity index is 0.00000637. The van der Waals surface area contributed by atoms with Gasteiger partial charge in [-0.25, -0.2) is 4.98 Å². The number of aromatic nitrogens is 2. The number of fused-ring (bicyclic) bond motifs is 4. The molecule has 394 valence electrons. The smallest absolute Gasteiger partial charge is 0.135 e. The first-order valence-corrected chi connectivity index (χ1v) is 27.2. The molecule has 0 N–H and O–H groups in total. The summed E-state index contributed by atoms with van der Waals surface area (Å²) in [5.41, 5.74) is 19.8. The van der Waals surface area contributed by atoms with E-state index in [1.165, 1.54) is 22.3 Å². The Hall–Kier alpha value is -8.76. The second-order valence-electron chi connectivity index (χ2n) is 22.5. The molecule has 3 heterocycles. The van der Waals surface area contributed by atoms with Crippen LogP contribution in [-0.2, 0) is 31.9 Å². The number of rotatable bonds is 10. The number of hydrogen-bond acceptors (Lipinski definition) is 4. The van der Waals surface area contributed by atoms with Crippen LogP contribution >= 0.6 is 0 Å². The average Bonchev–Trinajstić information content (AvgIpc) is 4.25. The Morgan fingerprint density at radius 2 is 0.975 bits per heavy atom. The quantitative estimate of drug-likeness (QED) is 0.128. The normalized spacial score (nSPS) is 12.4. The molecule has 5 nitrogen and oxygen atoms in total. The number of ether oxygens (including phenoxy) is 1. The molecule has 1 aliphatic heterocycles. The summed E-state index contributed by atoms with van der Waals surface area (Å²) in [5, 5.41) is 2.17. The summed E-state index contributed by atoms with van der Waals surface area (Å²) in [5.74, 6) is 1.97. The fourth-order valence-electron chi connectivity index (χ4n) is 11.2. The third kappa shape index (κ3) is 9.82. The molecule has 2 aromatic heterocycles. The van der Waals surface area contributed by atoms with Crippen molar-refractivity contribution in [2.75, 3.05) is 9.80 Å². The van der Waals surface area contributed by atoms with Crippen LogP contribution in [0.15, 0.2) is 243 Å². The van der Waals surface area contributed by atoms with E-state index in [2.05, 4.69) is 293 Å². The van der Waals surface area contributed by atoms with Gasteiger partial charge in [0, 0.05) is 78.0 Å². The summed E-state index contributed by atoms with van der Waals surface area (Å²) in [6, 6.07) is 91.7. The maximum atomic E-state index is 6.86. The summed E-state index contributed by atoms with van der Waals surface area (Å²) in [4.78, 5) is 9.80. The van der Waals surface area contributed by atoms with Gasteiger partial charge in [-0.15, -0.1) is 48.1 Å². The third-order valence-corrected chi connectivity index (χ3v) is 15.3. The Kier molecular flexibility index (Phi) is 13.7. The van der Waals surface area contributed by atoms with E-state index >= 15 is 0 Å². The van der Waals surface area contributed by atoms with Gasteiger partial charge in [0.25, 0.3) is 0 Å². The minimum atomic E-state index is -0.163. The molecule has 0 saturated carbocycles. The van der Waals surface area contributed by atoms with Crippen molar-refractivity contribution in [1.82, 2.24) is 9.55 Å². The van der Waals surface area contributed by atoms with Gasteiger partial charge in [0.15, 0.2) is 0 Å². The molecule has 10 aromatic carbocycles. The molecule has 0 radical (unpaired) electrons.